The number of rotatable bonds is 5. The van der Waals surface area contributed by atoms with Gasteiger partial charge in [0.2, 0.25) is 5.91 Å². The van der Waals surface area contributed by atoms with Crippen molar-refractivity contribution in [1.29, 1.82) is 0 Å². The van der Waals surface area contributed by atoms with Gasteiger partial charge in [0.1, 0.15) is 0 Å². The topological polar surface area (TPSA) is 66.4 Å². The van der Waals surface area contributed by atoms with Crippen molar-refractivity contribution in [2.24, 2.45) is 5.41 Å². The van der Waals surface area contributed by atoms with E-state index in [0.29, 0.717) is 0 Å². The third-order valence-corrected chi connectivity index (χ3v) is 4.72. The Hall–Kier alpha value is -1.84. The lowest BCUT2D eigenvalue weighted by Crippen LogP contribution is -2.41. The van der Waals surface area contributed by atoms with E-state index in [1.165, 1.54) is 12.8 Å². The van der Waals surface area contributed by atoms with E-state index in [9.17, 15) is 14.7 Å². The maximum absolute atomic E-state index is 12.5. The zero-order valence-corrected chi connectivity index (χ0v) is 13.2. The van der Waals surface area contributed by atoms with E-state index in [1.54, 1.807) is 12.1 Å². The molecule has 1 aliphatic rings. The van der Waals surface area contributed by atoms with Gasteiger partial charge in [0.05, 0.1) is 5.92 Å². The molecule has 120 valence electrons. The van der Waals surface area contributed by atoms with E-state index >= 15 is 0 Å². The van der Waals surface area contributed by atoms with Crippen molar-refractivity contribution in [3.8, 4) is 0 Å². The molecule has 2 rings (SSSR count). The normalized spacial score (nSPS) is 19.0. The number of carboxylic acid groups (broad SMARTS) is 1. The molecule has 0 spiro atoms. The van der Waals surface area contributed by atoms with Gasteiger partial charge >= 0.3 is 5.97 Å². The van der Waals surface area contributed by atoms with Crippen LogP contribution in [0.15, 0.2) is 30.3 Å². The van der Waals surface area contributed by atoms with Crippen molar-refractivity contribution in [2.45, 2.75) is 51.4 Å². The van der Waals surface area contributed by atoms with Gasteiger partial charge < -0.3 is 10.4 Å². The molecule has 1 fully saturated rings. The van der Waals surface area contributed by atoms with Crippen LogP contribution in [0.5, 0.6) is 0 Å². The summed E-state index contributed by atoms with van der Waals surface area (Å²) in [5, 5.41) is 12.3. The summed E-state index contributed by atoms with van der Waals surface area (Å²) in [5.74, 6) is -1.60. The highest BCUT2D eigenvalue weighted by Crippen LogP contribution is 2.34. The number of amides is 1. The highest BCUT2D eigenvalue weighted by Gasteiger charge is 2.34. The van der Waals surface area contributed by atoms with E-state index in [-0.39, 0.29) is 17.9 Å². The summed E-state index contributed by atoms with van der Waals surface area (Å²) in [5.41, 5.74) is 0.372. The number of hydrogen-bond donors (Lipinski definition) is 2. The lowest BCUT2D eigenvalue weighted by Gasteiger charge is -2.27. The first kappa shape index (κ1) is 16.5. The van der Waals surface area contributed by atoms with E-state index in [4.69, 9.17) is 0 Å². The van der Waals surface area contributed by atoms with Crippen LogP contribution in [0.4, 0.5) is 0 Å². The zero-order valence-electron chi connectivity index (χ0n) is 13.2. The van der Waals surface area contributed by atoms with Crippen molar-refractivity contribution in [1.82, 2.24) is 5.32 Å². The molecule has 0 bridgehead atoms. The number of carboxylic acids is 1. The van der Waals surface area contributed by atoms with Gasteiger partial charge in [-0.1, -0.05) is 62.9 Å². The van der Waals surface area contributed by atoms with Crippen molar-refractivity contribution < 1.29 is 14.7 Å². The Bertz CT molecular complexity index is 504. The molecule has 4 heteroatoms. The van der Waals surface area contributed by atoms with Gasteiger partial charge in [0, 0.05) is 12.0 Å². The summed E-state index contributed by atoms with van der Waals surface area (Å²) in [7, 11) is 0. The maximum Gasteiger partial charge on any atom is 0.312 e. The van der Waals surface area contributed by atoms with Crippen LogP contribution < -0.4 is 5.32 Å². The van der Waals surface area contributed by atoms with Crippen LogP contribution in [0.2, 0.25) is 0 Å². The van der Waals surface area contributed by atoms with Crippen molar-refractivity contribution in [3.63, 3.8) is 0 Å². The maximum atomic E-state index is 12.5. The Morgan fingerprint density at radius 3 is 2.27 bits per heavy atom. The van der Waals surface area contributed by atoms with Crippen molar-refractivity contribution in [3.05, 3.63) is 35.9 Å². The van der Waals surface area contributed by atoms with Crippen LogP contribution in [0.3, 0.4) is 0 Å². The highest BCUT2D eigenvalue weighted by atomic mass is 16.4. The molecule has 1 aliphatic carbocycles. The van der Waals surface area contributed by atoms with E-state index in [0.717, 1.165) is 31.2 Å². The fourth-order valence-electron chi connectivity index (χ4n) is 3.18. The molecule has 1 aromatic rings. The van der Waals surface area contributed by atoms with Crippen LogP contribution in [0, 0.1) is 5.41 Å². The van der Waals surface area contributed by atoms with Gasteiger partial charge in [-0.25, -0.2) is 0 Å². The number of nitrogens with one attached hydrogen (secondary N) is 1. The number of carbonyl (C=O) groups excluding carboxylic acids is 1. The third-order valence-electron chi connectivity index (χ3n) is 4.72. The quantitative estimate of drug-likeness (QED) is 0.820. The molecule has 0 aromatic heterocycles. The predicted octanol–water partition coefficient (Wildman–Crippen LogP) is 3.33. The zero-order chi connectivity index (χ0) is 16.0. The van der Waals surface area contributed by atoms with Gasteiger partial charge in [0.25, 0.3) is 0 Å². The summed E-state index contributed by atoms with van der Waals surface area (Å²) in [6.45, 7) is 2.15. The van der Waals surface area contributed by atoms with Crippen LogP contribution in [0.25, 0.3) is 0 Å². The molecule has 0 saturated heterocycles. The van der Waals surface area contributed by atoms with Gasteiger partial charge in [-0.2, -0.15) is 0 Å². The fraction of sp³-hybridized carbons (Fsp3) is 0.556. The Kier molecular flexibility index (Phi) is 5.58. The molecular formula is C18H25NO3. The first-order chi connectivity index (χ1) is 10.5. The standard InChI is InChI=1S/C18H25NO3/c1-18(11-7-2-3-8-12-18)17(22)19-13-15(16(20)21)14-9-5-4-6-10-14/h4-6,9-10,15H,2-3,7-8,11-13H2,1H3,(H,19,22)(H,20,21). The molecule has 1 unspecified atom stereocenters. The molecule has 1 atom stereocenters. The second kappa shape index (κ2) is 7.43. The summed E-state index contributed by atoms with van der Waals surface area (Å²) in [6, 6.07) is 9.07. The van der Waals surface area contributed by atoms with E-state index < -0.39 is 11.9 Å². The minimum atomic E-state index is -0.905. The van der Waals surface area contributed by atoms with E-state index in [1.807, 2.05) is 25.1 Å². The van der Waals surface area contributed by atoms with Crippen LogP contribution >= 0.6 is 0 Å². The molecule has 1 aromatic carbocycles. The number of benzene rings is 1. The number of hydrogen-bond acceptors (Lipinski definition) is 2. The molecule has 0 heterocycles. The average molecular weight is 303 g/mol. The Balaban J connectivity index is 2.00. The Morgan fingerprint density at radius 1 is 1.14 bits per heavy atom. The first-order valence-corrected chi connectivity index (χ1v) is 8.09. The summed E-state index contributed by atoms with van der Waals surface area (Å²) >= 11 is 0. The minimum Gasteiger partial charge on any atom is -0.481 e. The largest absolute Gasteiger partial charge is 0.481 e. The molecule has 0 aliphatic heterocycles. The summed E-state index contributed by atoms with van der Waals surface area (Å²) in [6.07, 6.45) is 6.30. The van der Waals surface area contributed by atoms with Crippen LogP contribution in [0.1, 0.15) is 56.9 Å². The monoisotopic (exact) mass is 303 g/mol. The first-order valence-electron chi connectivity index (χ1n) is 8.09. The van der Waals surface area contributed by atoms with Crippen LogP contribution in [-0.2, 0) is 9.59 Å². The molecule has 22 heavy (non-hydrogen) atoms. The molecule has 1 saturated carbocycles. The minimum absolute atomic E-state index is 0.00317. The van der Waals surface area contributed by atoms with Gasteiger partial charge in [-0.15, -0.1) is 0 Å². The van der Waals surface area contributed by atoms with Gasteiger partial charge in [0.15, 0.2) is 0 Å². The lowest BCUT2D eigenvalue weighted by molar-refractivity contribution is -0.139. The summed E-state index contributed by atoms with van der Waals surface area (Å²) < 4.78 is 0. The Labute approximate surface area is 131 Å². The predicted molar refractivity (Wildman–Crippen MR) is 85.6 cm³/mol. The molecule has 2 N–H and O–H groups in total. The third kappa shape index (κ3) is 4.09. The lowest BCUT2D eigenvalue weighted by atomic mass is 9.81. The summed E-state index contributed by atoms with van der Waals surface area (Å²) in [4.78, 5) is 24.0. The molecule has 1 amide bonds. The SMILES string of the molecule is CC1(C(=O)NCC(C(=O)O)c2ccccc2)CCCCCC1. The van der Waals surface area contributed by atoms with Crippen molar-refractivity contribution in [2.75, 3.05) is 6.54 Å². The van der Waals surface area contributed by atoms with Crippen molar-refractivity contribution >= 4 is 11.9 Å². The molecule has 4 nitrogen and oxygen atoms in total. The smallest absolute Gasteiger partial charge is 0.312 e. The molecule has 0 radical (unpaired) electrons. The van der Waals surface area contributed by atoms with Gasteiger partial charge in [-0.3, -0.25) is 9.59 Å². The second-order valence-corrected chi connectivity index (χ2v) is 6.49. The molecular weight excluding hydrogens is 278 g/mol. The number of carbonyl (C=O) groups is 2. The van der Waals surface area contributed by atoms with E-state index in [2.05, 4.69) is 5.32 Å². The highest BCUT2D eigenvalue weighted by molar-refractivity contribution is 5.83. The van der Waals surface area contributed by atoms with Crippen LogP contribution in [-0.4, -0.2) is 23.5 Å². The van der Waals surface area contributed by atoms with Gasteiger partial charge in [-0.05, 0) is 18.4 Å². The second-order valence-electron chi connectivity index (χ2n) is 6.49. The fourth-order valence-corrected chi connectivity index (χ4v) is 3.18. The Morgan fingerprint density at radius 2 is 1.73 bits per heavy atom. The number of aliphatic carboxylic acids is 1. The average Bonchev–Trinajstić information content (AvgIpc) is 2.74.